The zero-order valence-corrected chi connectivity index (χ0v) is 73.1. The van der Waals surface area contributed by atoms with Gasteiger partial charge in [-0.05, 0) is 229 Å². The second-order valence-corrected chi connectivity index (χ2v) is 41.5. The lowest BCUT2D eigenvalue weighted by molar-refractivity contribution is 0.568. The van der Waals surface area contributed by atoms with E-state index in [-0.39, 0.29) is 44.6 Å². The molecule has 586 valence electrons. The molecular weight excluding hydrogens is 1420 g/mol. The summed E-state index contributed by atoms with van der Waals surface area (Å²) in [5.74, 6) is 0. The predicted molar refractivity (Wildman–Crippen MR) is 508 cm³/mol. The minimum absolute atomic E-state index is 0.131. The summed E-state index contributed by atoms with van der Waals surface area (Å²) in [7, 11) is 0. The van der Waals surface area contributed by atoms with E-state index in [4.69, 9.17) is 0 Å². The van der Waals surface area contributed by atoms with Gasteiger partial charge in [-0.15, -0.1) is 0 Å². The summed E-state index contributed by atoms with van der Waals surface area (Å²) in [6.07, 6.45) is 0. The maximum atomic E-state index is 2.76. The SMILES string of the molecule is CC(C)(C)c1cc(-c2cc(C(C)(C)C)ccc2N2c3cc(-n4c5ccccc5c5ccccc54)ccc3B3c4ccc(-n5c6ccccc6c6cc7c(cc65)C(c5ccccc5)(c5ccccc5)c5ccccc5-7)cc4N(c4ccc(C(C)(C)C)cc4-c4cc(C(C)(C)C)cc(C(C)(C)C)c4)c4cc(C(C)(C)C)cc2c43)cc(C(C)(C)C)c1. The van der Waals surface area contributed by atoms with Crippen molar-refractivity contribution in [3.05, 3.63) is 352 Å². The van der Waals surface area contributed by atoms with Crippen LogP contribution >= 0.6 is 0 Å². The number of fused-ring (bicyclic) bond motifs is 13. The van der Waals surface area contributed by atoms with Crippen molar-refractivity contribution in [2.45, 2.75) is 189 Å². The van der Waals surface area contributed by atoms with Gasteiger partial charge in [0.1, 0.15) is 0 Å². The Labute approximate surface area is 701 Å². The fourth-order valence-electron chi connectivity index (χ4n) is 19.7. The molecule has 1 aliphatic carbocycles. The number of benzene rings is 14. The number of anilines is 6. The van der Waals surface area contributed by atoms with Gasteiger partial charge in [0, 0.05) is 66.8 Å². The van der Waals surface area contributed by atoms with Crippen molar-refractivity contribution in [1.82, 2.24) is 9.13 Å². The van der Waals surface area contributed by atoms with E-state index in [9.17, 15) is 0 Å². The topological polar surface area (TPSA) is 16.3 Å². The molecule has 0 saturated carbocycles. The van der Waals surface area contributed by atoms with Crippen LogP contribution in [0, 0.1) is 0 Å². The lowest BCUT2D eigenvalue weighted by Gasteiger charge is -2.46. The number of aromatic nitrogens is 2. The monoisotopic (exact) mass is 1530 g/mol. The number of para-hydroxylation sites is 3. The quantitative estimate of drug-likeness (QED) is 0.141. The van der Waals surface area contributed by atoms with Crippen LogP contribution in [0.2, 0.25) is 0 Å². The normalized spacial score (nSPS) is 14.2. The first-order valence-electron chi connectivity index (χ1n) is 42.9. The Kier molecular flexibility index (Phi) is 17.3. The van der Waals surface area contributed by atoms with E-state index in [0.717, 1.165) is 39.6 Å². The maximum Gasteiger partial charge on any atom is 0.252 e. The Balaban J connectivity index is 0.966. The molecule has 4 heterocycles. The second-order valence-electron chi connectivity index (χ2n) is 41.5. The van der Waals surface area contributed by atoms with Crippen LogP contribution in [-0.2, 0) is 43.3 Å². The molecule has 14 aromatic carbocycles. The van der Waals surface area contributed by atoms with Crippen molar-refractivity contribution < 1.29 is 0 Å². The zero-order chi connectivity index (χ0) is 82.6. The van der Waals surface area contributed by atoms with Crippen molar-refractivity contribution in [2.24, 2.45) is 0 Å². The Morgan fingerprint density at radius 3 is 0.992 bits per heavy atom. The fourth-order valence-corrected chi connectivity index (χ4v) is 19.7. The van der Waals surface area contributed by atoms with Crippen LogP contribution in [0.5, 0.6) is 0 Å². The summed E-state index contributed by atoms with van der Waals surface area (Å²) in [6.45, 7) is 49.8. The summed E-state index contributed by atoms with van der Waals surface area (Å²) in [6, 6.07) is 115. The van der Waals surface area contributed by atoms with Crippen LogP contribution in [0.4, 0.5) is 34.1 Å². The molecule has 2 aromatic heterocycles. The fraction of sp³-hybridized carbons (Fsp3) is 0.257. The van der Waals surface area contributed by atoms with Crippen LogP contribution in [0.25, 0.3) is 88.4 Å². The van der Waals surface area contributed by atoms with Crippen molar-refractivity contribution in [2.75, 3.05) is 9.80 Å². The molecule has 16 aromatic rings. The molecule has 118 heavy (non-hydrogen) atoms. The average Bonchev–Trinajstić information content (AvgIpc) is 1.26. The first-order valence-corrected chi connectivity index (χ1v) is 42.9. The Morgan fingerprint density at radius 1 is 0.229 bits per heavy atom. The summed E-state index contributed by atoms with van der Waals surface area (Å²) in [5.41, 5.74) is 37.4. The van der Waals surface area contributed by atoms with E-state index >= 15 is 0 Å². The highest BCUT2D eigenvalue weighted by Crippen LogP contribution is 2.59. The standard InChI is InChI=1S/C113H111BN4/c1-106(2,3)74-48-54-98(87(62-74)70-56-76(108(7,8)9)60-77(57-70)109(10,11)12)117-101-66-81(115-95-45-33-29-41-84(95)85-42-30-34-46-96(85)115)50-52-93(101)114-94-53-51-82(116-97-47-35-31-43-86(97)90-68-89-83-40-28-32-44-91(83)113(92(89)69-100(90)116,72-36-24-22-25-37-72)73-38-26-23-27-39-73)67-102(94)118(104-65-80(112(19,20)21)64-103(117)105(104)114)99-55-49-75(107(4,5)6)63-88(99)71-58-78(110(13,14)15)61-79(59-71)111(16,17)18/h22-69H,1-21H3. The van der Waals surface area contributed by atoms with Crippen LogP contribution in [0.1, 0.15) is 207 Å². The number of hydrogen-bond donors (Lipinski definition) is 0. The largest absolute Gasteiger partial charge is 0.311 e. The van der Waals surface area contributed by atoms with Crippen LogP contribution in [0.3, 0.4) is 0 Å². The summed E-state index contributed by atoms with van der Waals surface area (Å²) < 4.78 is 5.14. The minimum atomic E-state index is -0.611. The van der Waals surface area contributed by atoms with Crippen molar-refractivity contribution in [3.63, 3.8) is 0 Å². The average molecular weight is 1540 g/mol. The smallest absolute Gasteiger partial charge is 0.252 e. The predicted octanol–water partition coefficient (Wildman–Crippen LogP) is 28.7. The van der Waals surface area contributed by atoms with E-state index < -0.39 is 5.41 Å². The Bertz CT molecular complexity index is 6630. The van der Waals surface area contributed by atoms with Crippen molar-refractivity contribution in [1.29, 1.82) is 0 Å². The Hall–Kier alpha value is -11.7. The number of rotatable bonds is 8. The first-order chi connectivity index (χ1) is 55.9. The van der Waals surface area contributed by atoms with Gasteiger partial charge < -0.3 is 18.9 Å². The summed E-state index contributed by atoms with van der Waals surface area (Å²) in [5, 5.41) is 4.92. The minimum Gasteiger partial charge on any atom is -0.311 e. The lowest BCUT2D eigenvalue weighted by Crippen LogP contribution is -2.61. The molecule has 5 heteroatoms. The number of nitrogens with zero attached hydrogens (tertiary/aromatic N) is 4. The maximum absolute atomic E-state index is 2.76. The molecule has 0 unspecified atom stereocenters. The van der Waals surface area contributed by atoms with E-state index in [0.29, 0.717) is 0 Å². The molecule has 2 aliphatic heterocycles. The van der Waals surface area contributed by atoms with Gasteiger partial charge in [0.05, 0.1) is 38.9 Å². The van der Waals surface area contributed by atoms with Gasteiger partial charge in [-0.3, -0.25) is 0 Å². The first kappa shape index (κ1) is 76.3. The van der Waals surface area contributed by atoms with Gasteiger partial charge in [-0.1, -0.05) is 346 Å². The number of hydrogen-bond acceptors (Lipinski definition) is 2. The van der Waals surface area contributed by atoms with Gasteiger partial charge in [0.25, 0.3) is 6.71 Å². The van der Waals surface area contributed by atoms with Crippen LogP contribution in [0.15, 0.2) is 291 Å². The van der Waals surface area contributed by atoms with Gasteiger partial charge >= 0.3 is 0 Å². The zero-order valence-electron chi connectivity index (χ0n) is 73.1. The van der Waals surface area contributed by atoms with Crippen molar-refractivity contribution in [3.8, 4) is 44.8 Å². The van der Waals surface area contributed by atoms with Gasteiger partial charge in [-0.25, -0.2) is 0 Å². The van der Waals surface area contributed by atoms with Gasteiger partial charge in [-0.2, -0.15) is 0 Å². The van der Waals surface area contributed by atoms with E-state index in [2.05, 4.69) is 456 Å². The van der Waals surface area contributed by atoms with Gasteiger partial charge in [0.15, 0.2) is 0 Å². The van der Waals surface area contributed by atoms with Crippen molar-refractivity contribution >= 4 is 101 Å². The van der Waals surface area contributed by atoms with E-state index in [1.807, 2.05) is 0 Å². The molecule has 0 bridgehead atoms. The molecular formula is C113H111BN4. The molecule has 3 aliphatic rings. The van der Waals surface area contributed by atoms with Crippen LogP contribution in [-0.4, -0.2) is 15.8 Å². The van der Waals surface area contributed by atoms with Crippen LogP contribution < -0.4 is 26.2 Å². The summed E-state index contributed by atoms with van der Waals surface area (Å²) >= 11 is 0. The highest BCUT2D eigenvalue weighted by molar-refractivity contribution is 7.00. The third kappa shape index (κ3) is 12.2. The molecule has 0 saturated heterocycles. The van der Waals surface area contributed by atoms with Gasteiger partial charge in [0.2, 0.25) is 0 Å². The highest BCUT2D eigenvalue weighted by atomic mass is 15.2. The lowest BCUT2D eigenvalue weighted by atomic mass is 9.33. The molecule has 0 N–H and O–H groups in total. The molecule has 0 amide bonds. The third-order valence-corrected chi connectivity index (χ3v) is 26.4. The highest BCUT2D eigenvalue weighted by Gasteiger charge is 2.49. The molecule has 0 spiro atoms. The molecule has 0 radical (unpaired) electrons. The van der Waals surface area contributed by atoms with E-state index in [1.165, 1.54) is 160 Å². The molecule has 19 rings (SSSR count). The molecule has 0 atom stereocenters. The Morgan fingerprint density at radius 2 is 0.585 bits per heavy atom. The molecule has 0 fully saturated rings. The third-order valence-electron chi connectivity index (χ3n) is 26.4. The summed E-state index contributed by atoms with van der Waals surface area (Å²) in [4.78, 5) is 5.49. The molecule has 4 nitrogen and oxygen atoms in total. The second kappa shape index (κ2) is 26.7. The van der Waals surface area contributed by atoms with E-state index in [1.54, 1.807) is 0 Å².